The van der Waals surface area contributed by atoms with Crippen LogP contribution in [0, 0.1) is 36.0 Å². The fourth-order valence-corrected chi connectivity index (χ4v) is 11.0. The molecule has 5 aromatic rings. The molecule has 4 heterocycles. The SMILES string of the molecule is CCc1ccc(N2C(=O)[C@H]3[C@H](CC=C4[C@H]3C[C@H]3C(=O)N(c5cc(-c6sc7ccc(Cl)cc7c6C)nn5C)C(=O)[C@@]3(C)[C@H]4c3ccccc3O)C2=O)cc1. The Bertz CT molecular complexity index is 2450. The van der Waals surface area contributed by atoms with Crippen LogP contribution in [0.1, 0.15) is 49.3 Å². The molecule has 0 radical (unpaired) electrons. The monoisotopic (exact) mass is 744 g/mol. The quantitative estimate of drug-likeness (QED) is 0.144. The third kappa shape index (κ3) is 4.71. The Hall–Kier alpha value is -5.06. The molecule has 0 unspecified atom stereocenters. The van der Waals surface area contributed by atoms with Crippen molar-refractivity contribution in [2.24, 2.45) is 36.1 Å². The molecule has 6 atom stereocenters. The van der Waals surface area contributed by atoms with Crippen LogP contribution in [0.2, 0.25) is 5.02 Å². The Morgan fingerprint density at radius 2 is 1.70 bits per heavy atom. The molecule has 9 rings (SSSR count). The lowest BCUT2D eigenvalue weighted by Crippen LogP contribution is -2.49. The van der Waals surface area contributed by atoms with Gasteiger partial charge in [-0.15, -0.1) is 11.3 Å². The van der Waals surface area contributed by atoms with Crippen LogP contribution >= 0.6 is 22.9 Å². The van der Waals surface area contributed by atoms with Gasteiger partial charge in [0, 0.05) is 34.3 Å². The minimum Gasteiger partial charge on any atom is -0.508 e. The average molecular weight is 745 g/mol. The zero-order valence-corrected chi connectivity index (χ0v) is 31.2. The number of carbonyl (C=O) groups excluding carboxylic acids is 4. The van der Waals surface area contributed by atoms with Crippen LogP contribution in [-0.4, -0.2) is 38.5 Å². The molecule has 3 aromatic carbocycles. The highest BCUT2D eigenvalue weighted by Crippen LogP contribution is 2.64. The number of para-hydroxylation sites is 1. The number of nitrogens with zero attached hydrogens (tertiary/aromatic N) is 4. The molecule has 2 aliphatic heterocycles. The van der Waals surface area contributed by atoms with Gasteiger partial charge >= 0.3 is 0 Å². The molecule has 1 N–H and O–H groups in total. The van der Waals surface area contributed by atoms with Gasteiger partial charge < -0.3 is 5.11 Å². The van der Waals surface area contributed by atoms with Crippen LogP contribution in [0.15, 0.2) is 84.4 Å². The molecule has 53 heavy (non-hydrogen) atoms. The number of aromatic hydroxyl groups is 1. The third-order valence-electron chi connectivity index (χ3n) is 12.3. The van der Waals surface area contributed by atoms with Crippen LogP contribution in [0.3, 0.4) is 0 Å². The van der Waals surface area contributed by atoms with Gasteiger partial charge in [-0.1, -0.05) is 60.5 Å². The van der Waals surface area contributed by atoms with E-state index in [1.54, 1.807) is 47.3 Å². The summed E-state index contributed by atoms with van der Waals surface area (Å²) >= 11 is 7.89. The number of halogens is 1. The van der Waals surface area contributed by atoms with Crippen molar-refractivity contribution in [3.8, 4) is 16.3 Å². The van der Waals surface area contributed by atoms with E-state index in [1.807, 2.05) is 75.4 Å². The Morgan fingerprint density at radius 1 is 0.943 bits per heavy atom. The summed E-state index contributed by atoms with van der Waals surface area (Å²) in [5.74, 6) is -4.25. The van der Waals surface area contributed by atoms with Gasteiger partial charge in [0.1, 0.15) is 17.3 Å². The van der Waals surface area contributed by atoms with E-state index in [0.717, 1.165) is 38.1 Å². The van der Waals surface area contributed by atoms with E-state index in [-0.39, 0.29) is 35.8 Å². The Balaban J connectivity index is 1.14. The van der Waals surface area contributed by atoms with Crippen LogP contribution < -0.4 is 9.80 Å². The number of phenols is 1. The second kappa shape index (κ2) is 12.0. The van der Waals surface area contributed by atoms with Crippen molar-refractivity contribution in [2.45, 2.75) is 46.0 Å². The number of hydrogen-bond donors (Lipinski definition) is 1. The van der Waals surface area contributed by atoms with Crippen LogP contribution in [-0.2, 0) is 32.6 Å². The van der Waals surface area contributed by atoms with Crippen molar-refractivity contribution < 1.29 is 24.3 Å². The van der Waals surface area contributed by atoms with E-state index in [0.29, 0.717) is 34.2 Å². The van der Waals surface area contributed by atoms with Gasteiger partial charge in [0.15, 0.2) is 0 Å². The Morgan fingerprint density at radius 3 is 2.43 bits per heavy atom. The molecule has 2 saturated heterocycles. The first kappa shape index (κ1) is 33.8. The third-order valence-corrected chi connectivity index (χ3v) is 13.9. The number of rotatable bonds is 5. The molecule has 4 aliphatic rings. The molecular formula is C42H37ClN4O5S. The van der Waals surface area contributed by atoms with E-state index in [2.05, 4.69) is 0 Å². The van der Waals surface area contributed by atoms with Gasteiger partial charge in [-0.25, -0.2) is 4.90 Å². The smallest absolute Gasteiger partial charge is 0.242 e. The zero-order chi connectivity index (χ0) is 37.1. The van der Waals surface area contributed by atoms with Gasteiger partial charge in [-0.2, -0.15) is 5.10 Å². The highest BCUT2D eigenvalue weighted by molar-refractivity contribution is 7.22. The van der Waals surface area contributed by atoms with Gasteiger partial charge in [0.2, 0.25) is 23.6 Å². The number of thiophene rings is 1. The van der Waals surface area contributed by atoms with Gasteiger partial charge in [-0.05, 0) is 91.9 Å². The molecular weight excluding hydrogens is 708 g/mol. The predicted molar refractivity (Wildman–Crippen MR) is 205 cm³/mol. The fraction of sp³-hybridized carbons (Fsp3) is 0.310. The van der Waals surface area contributed by atoms with Crippen LogP contribution in [0.5, 0.6) is 5.75 Å². The van der Waals surface area contributed by atoms with Crippen LogP contribution in [0.4, 0.5) is 11.5 Å². The molecule has 4 amide bonds. The summed E-state index contributed by atoms with van der Waals surface area (Å²) in [6, 6.07) is 21.9. The molecule has 0 spiro atoms. The van der Waals surface area contributed by atoms with Crippen molar-refractivity contribution in [3.05, 3.63) is 106 Å². The number of allylic oxidation sites excluding steroid dienone is 2. The van der Waals surface area contributed by atoms with Crippen molar-refractivity contribution in [3.63, 3.8) is 0 Å². The maximum atomic E-state index is 15.0. The van der Waals surface area contributed by atoms with E-state index < -0.39 is 35.0 Å². The summed E-state index contributed by atoms with van der Waals surface area (Å²) in [6.07, 6.45) is 3.38. The number of phenolic OH excluding ortho intramolecular Hbond substituents is 1. The number of amides is 4. The molecule has 268 valence electrons. The lowest BCUT2D eigenvalue weighted by Gasteiger charge is -2.49. The van der Waals surface area contributed by atoms with Gasteiger partial charge in [0.05, 0.1) is 33.7 Å². The maximum Gasteiger partial charge on any atom is 0.242 e. The van der Waals surface area contributed by atoms with Gasteiger partial charge in [-0.3, -0.25) is 28.8 Å². The predicted octanol–water partition coefficient (Wildman–Crippen LogP) is 7.97. The summed E-state index contributed by atoms with van der Waals surface area (Å²) < 4.78 is 2.62. The second-order valence-corrected chi connectivity index (χ2v) is 16.4. The number of carbonyl (C=O) groups is 4. The highest BCUT2D eigenvalue weighted by atomic mass is 35.5. The van der Waals surface area contributed by atoms with Crippen LogP contribution in [0.25, 0.3) is 20.7 Å². The minimum atomic E-state index is -1.29. The largest absolute Gasteiger partial charge is 0.508 e. The van der Waals surface area contributed by atoms with E-state index in [4.69, 9.17) is 16.7 Å². The zero-order valence-electron chi connectivity index (χ0n) is 29.7. The van der Waals surface area contributed by atoms with Crippen molar-refractivity contribution in [1.82, 2.24) is 9.78 Å². The number of aryl methyl sites for hydroxylation is 3. The summed E-state index contributed by atoms with van der Waals surface area (Å²) in [4.78, 5) is 61.7. The summed E-state index contributed by atoms with van der Waals surface area (Å²) in [6.45, 7) is 5.88. The Labute approximate surface area is 315 Å². The first-order chi connectivity index (χ1) is 25.4. The minimum absolute atomic E-state index is 0.00877. The van der Waals surface area contributed by atoms with E-state index in [9.17, 15) is 19.5 Å². The molecule has 1 saturated carbocycles. The fourth-order valence-electron chi connectivity index (χ4n) is 9.66. The lowest BCUT2D eigenvalue weighted by molar-refractivity contribution is -0.131. The first-order valence-electron chi connectivity index (χ1n) is 18.0. The number of anilines is 2. The molecule has 2 aromatic heterocycles. The summed E-state index contributed by atoms with van der Waals surface area (Å²) in [7, 11) is 1.72. The number of imide groups is 2. The molecule has 3 fully saturated rings. The second-order valence-electron chi connectivity index (χ2n) is 15.0. The topological polar surface area (TPSA) is 113 Å². The van der Waals surface area contributed by atoms with E-state index >= 15 is 4.79 Å². The van der Waals surface area contributed by atoms with Crippen molar-refractivity contribution >= 4 is 68.2 Å². The van der Waals surface area contributed by atoms with Crippen molar-refractivity contribution in [2.75, 3.05) is 9.80 Å². The number of hydrogen-bond acceptors (Lipinski definition) is 7. The number of fused-ring (bicyclic) bond motifs is 5. The normalized spacial score (nSPS) is 26.7. The molecule has 2 aliphatic carbocycles. The number of benzene rings is 3. The number of aromatic nitrogens is 2. The Kier molecular flexibility index (Phi) is 7.63. The highest BCUT2D eigenvalue weighted by Gasteiger charge is 2.68. The summed E-state index contributed by atoms with van der Waals surface area (Å²) in [5, 5.41) is 17.8. The summed E-state index contributed by atoms with van der Waals surface area (Å²) in [5.41, 5.74) is 3.33. The lowest BCUT2D eigenvalue weighted by atomic mass is 9.51. The standard InChI is InChI=1S/C42H37ClN4O5S/c1-5-22-10-13-24(14-11-22)46-38(49)27-16-15-25-29(35(27)40(46)51)19-30-39(50)47(41(52)42(30,3)36(25)26-8-6-7-9-32(26)48)34-20-31(44-45(34)4)37-21(2)28-18-23(43)12-17-33(28)53-37/h6-15,17-18,20,27,29-30,35-36,48H,5,16,19H2,1-4H3/t27-,29+,30-,35-,36+,42+/m0/s1. The molecule has 0 bridgehead atoms. The maximum absolute atomic E-state index is 15.0. The molecule has 11 heteroatoms. The van der Waals surface area contributed by atoms with E-state index in [1.165, 1.54) is 9.80 Å². The van der Waals surface area contributed by atoms with Gasteiger partial charge in [0.25, 0.3) is 0 Å². The molecule has 9 nitrogen and oxygen atoms in total. The van der Waals surface area contributed by atoms with Crippen molar-refractivity contribution in [1.29, 1.82) is 0 Å². The average Bonchev–Trinajstić information content (AvgIpc) is 3.82. The first-order valence-corrected chi connectivity index (χ1v) is 19.2.